The van der Waals surface area contributed by atoms with E-state index >= 15 is 0 Å². The number of H-pyrrole nitrogens is 1. The van der Waals surface area contributed by atoms with Gasteiger partial charge in [-0.2, -0.15) is 0 Å². The SMILES string of the molecule is Cc1ccc2cc(CN(CC3CCCO3)C(=O)c3cccs3)c(=O)[nH]c2c1C. The van der Waals surface area contributed by atoms with Gasteiger partial charge >= 0.3 is 0 Å². The van der Waals surface area contributed by atoms with Crippen LogP contribution < -0.4 is 5.56 Å². The summed E-state index contributed by atoms with van der Waals surface area (Å²) in [6, 6.07) is 9.68. The number of hydrogen-bond acceptors (Lipinski definition) is 4. The molecule has 0 bridgehead atoms. The number of hydrogen-bond donors (Lipinski definition) is 1. The van der Waals surface area contributed by atoms with Crippen LogP contribution in [-0.2, 0) is 11.3 Å². The molecule has 1 fully saturated rings. The summed E-state index contributed by atoms with van der Waals surface area (Å²) >= 11 is 1.42. The molecule has 0 aliphatic carbocycles. The Balaban J connectivity index is 1.67. The number of aryl methyl sites for hydroxylation is 2. The minimum Gasteiger partial charge on any atom is -0.376 e. The molecule has 0 spiro atoms. The van der Waals surface area contributed by atoms with Gasteiger partial charge in [-0.15, -0.1) is 11.3 Å². The van der Waals surface area contributed by atoms with E-state index in [0.717, 1.165) is 41.5 Å². The summed E-state index contributed by atoms with van der Waals surface area (Å²) in [6.45, 7) is 5.55. The Morgan fingerprint density at radius 3 is 2.89 bits per heavy atom. The molecule has 0 saturated carbocycles. The maximum Gasteiger partial charge on any atom is 0.264 e. The Hall–Kier alpha value is -2.44. The number of fused-ring (bicyclic) bond motifs is 1. The number of aromatic amines is 1. The molecule has 28 heavy (non-hydrogen) atoms. The van der Waals surface area contributed by atoms with Crippen molar-refractivity contribution in [3.8, 4) is 0 Å². The molecule has 1 aromatic carbocycles. The van der Waals surface area contributed by atoms with Gasteiger partial charge in [0.1, 0.15) is 0 Å². The number of carbonyl (C=O) groups excluding carboxylic acids is 1. The lowest BCUT2D eigenvalue weighted by atomic mass is 10.0. The van der Waals surface area contributed by atoms with E-state index in [1.165, 1.54) is 11.3 Å². The number of thiophene rings is 1. The summed E-state index contributed by atoms with van der Waals surface area (Å²) in [6.07, 6.45) is 2.00. The van der Waals surface area contributed by atoms with Crippen LogP contribution in [0.4, 0.5) is 0 Å². The number of benzene rings is 1. The molecule has 1 amide bonds. The third-order valence-corrected chi connectivity index (χ3v) is 6.31. The van der Waals surface area contributed by atoms with Crippen molar-refractivity contribution in [2.24, 2.45) is 0 Å². The average Bonchev–Trinajstić information content (AvgIpc) is 3.39. The average molecular weight is 397 g/mol. The summed E-state index contributed by atoms with van der Waals surface area (Å²) < 4.78 is 5.74. The number of carbonyl (C=O) groups is 1. The molecular weight excluding hydrogens is 372 g/mol. The van der Waals surface area contributed by atoms with E-state index in [9.17, 15) is 9.59 Å². The molecule has 146 valence electrons. The normalized spacial score (nSPS) is 16.6. The lowest BCUT2D eigenvalue weighted by molar-refractivity contribution is 0.0510. The molecule has 3 heterocycles. The van der Waals surface area contributed by atoms with Crippen LogP contribution in [0, 0.1) is 13.8 Å². The topological polar surface area (TPSA) is 62.4 Å². The van der Waals surface area contributed by atoms with Gasteiger partial charge in [0.15, 0.2) is 0 Å². The Morgan fingerprint density at radius 2 is 2.18 bits per heavy atom. The van der Waals surface area contributed by atoms with Crippen LogP contribution in [0.5, 0.6) is 0 Å². The van der Waals surface area contributed by atoms with Gasteiger partial charge in [-0.3, -0.25) is 9.59 Å². The van der Waals surface area contributed by atoms with Crippen molar-refractivity contribution < 1.29 is 9.53 Å². The van der Waals surface area contributed by atoms with Crippen LogP contribution in [0.1, 0.15) is 39.2 Å². The lowest BCUT2D eigenvalue weighted by Crippen LogP contribution is -2.38. The highest BCUT2D eigenvalue weighted by atomic mass is 32.1. The molecule has 0 radical (unpaired) electrons. The number of nitrogens with one attached hydrogen (secondary N) is 1. The van der Waals surface area contributed by atoms with Crippen molar-refractivity contribution in [3.05, 3.63) is 67.6 Å². The van der Waals surface area contributed by atoms with E-state index in [1.54, 1.807) is 4.90 Å². The smallest absolute Gasteiger partial charge is 0.264 e. The predicted octanol–water partition coefficient (Wildman–Crippen LogP) is 4.03. The fourth-order valence-corrected chi connectivity index (χ4v) is 4.39. The van der Waals surface area contributed by atoms with Crippen LogP contribution in [0.15, 0.2) is 40.5 Å². The minimum atomic E-state index is -0.141. The molecule has 2 aromatic heterocycles. The third-order valence-electron chi connectivity index (χ3n) is 5.46. The van der Waals surface area contributed by atoms with E-state index in [-0.39, 0.29) is 24.1 Å². The van der Waals surface area contributed by atoms with Gasteiger partial charge in [0.05, 0.1) is 23.0 Å². The maximum atomic E-state index is 13.0. The second-order valence-corrected chi connectivity index (χ2v) is 8.34. The second-order valence-electron chi connectivity index (χ2n) is 7.39. The number of ether oxygens (including phenoxy) is 1. The van der Waals surface area contributed by atoms with E-state index in [2.05, 4.69) is 11.1 Å². The summed E-state index contributed by atoms with van der Waals surface area (Å²) in [4.78, 5) is 31.2. The van der Waals surface area contributed by atoms with Crippen LogP contribution >= 0.6 is 11.3 Å². The summed E-state index contributed by atoms with van der Waals surface area (Å²) in [5.74, 6) is -0.0508. The molecule has 1 N–H and O–H groups in total. The maximum absolute atomic E-state index is 13.0. The number of aromatic nitrogens is 1. The van der Waals surface area contributed by atoms with Crippen molar-refractivity contribution in [2.75, 3.05) is 13.2 Å². The zero-order valence-electron chi connectivity index (χ0n) is 16.2. The monoisotopic (exact) mass is 396 g/mol. The Kier molecular flexibility index (Phi) is 5.33. The van der Waals surface area contributed by atoms with Crippen molar-refractivity contribution in [3.63, 3.8) is 0 Å². The molecule has 6 heteroatoms. The summed E-state index contributed by atoms with van der Waals surface area (Å²) in [7, 11) is 0. The first kappa shape index (κ1) is 18.9. The van der Waals surface area contributed by atoms with E-state index in [0.29, 0.717) is 17.0 Å². The highest BCUT2D eigenvalue weighted by Crippen LogP contribution is 2.21. The Morgan fingerprint density at radius 1 is 1.32 bits per heavy atom. The Labute approximate surface area is 168 Å². The van der Waals surface area contributed by atoms with Gasteiger partial charge < -0.3 is 14.6 Å². The molecule has 3 aromatic rings. The summed E-state index contributed by atoms with van der Waals surface area (Å²) in [5.41, 5.74) is 3.54. The number of amides is 1. The van der Waals surface area contributed by atoms with Crippen LogP contribution in [-0.4, -0.2) is 35.0 Å². The first-order chi connectivity index (χ1) is 13.5. The zero-order valence-corrected chi connectivity index (χ0v) is 17.0. The van der Waals surface area contributed by atoms with Gasteiger partial charge in [0.25, 0.3) is 11.5 Å². The van der Waals surface area contributed by atoms with Crippen LogP contribution in [0.2, 0.25) is 0 Å². The third kappa shape index (κ3) is 3.75. The second kappa shape index (κ2) is 7.89. The van der Waals surface area contributed by atoms with Gasteiger partial charge in [0, 0.05) is 18.7 Å². The number of pyridine rings is 1. The fourth-order valence-electron chi connectivity index (χ4n) is 3.70. The summed E-state index contributed by atoms with van der Waals surface area (Å²) in [5, 5.41) is 2.88. The standard InChI is InChI=1S/C22H24N2O3S/c1-14-7-8-16-11-17(21(25)23-20(16)15(14)2)12-24(13-18-5-3-9-27-18)22(26)19-6-4-10-28-19/h4,6-8,10-11,18H,3,5,9,12-13H2,1-2H3,(H,23,25). The Bertz CT molecular complexity index is 1050. The van der Waals surface area contributed by atoms with Crippen molar-refractivity contribution >= 4 is 28.1 Å². The lowest BCUT2D eigenvalue weighted by Gasteiger charge is -2.25. The quantitative estimate of drug-likeness (QED) is 0.708. The van der Waals surface area contributed by atoms with Crippen molar-refractivity contribution in [1.29, 1.82) is 0 Å². The molecule has 1 unspecified atom stereocenters. The van der Waals surface area contributed by atoms with Crippen molar-refractivity contribution in [2.45, 2.75) is 39.3 Å². The largest absolute Gasteiger partial charge is 0.376 e. The van der Waals surface area contributed by atoms with E-state index in [4.69, 9.17) is 4.74 Å². The van der Waals surface area contributed by atoms with E-state index < -0.39 is 0 Å². The van der Waals surface area contributed by atoms with E-state index in [1.807, 2.05) is 43.5 Å². The number of rotatable bonds is 5. The van der Waals surface area contributed by atoms with Crippen LogP contribution in [0.25, 0.3) is 10.9 Å². The fraction of sp³-hybridized carbons (Fsp3) is 0.364. The van der Waals surface area contributed by atoms with Gasteiger partial charge in [-0.25, -0.2) is 0 Å². The highest BCUT2D eigenvalue weighted by Gasteiger charge is 2.25. The van der Waals surface area contributed by atoms with Crippen molar-refractivity contribution in [1.82, 2.24) is 9.88 Å². The molecular formula is C22H24N2O3S. The first-order valence-electron chi connectivity index (χ1n) is 9.59. The molecule has 1 aliphatic rings. The number of nitrogens with zero attached hydrogens (tertiary/aromatic N) is 1. The predicted molar refractivity (Wildman–Crippen MR) is 112 cm³/mol. The minimum absolute atomic E-state index is 0.0355. The van der Waals surface area contributed by atoms with Crippen LogP contribution in [0.3, 0.4) is 0 Å². The first-order valence-corrected chi connectivity index (χ1v) is 10.5. The van der Waals surface area contributed by atoms with Gasteiger partial charge in [0.2, 0.25) is 0 Å². The molecule has 1 atom stereocenters. The van der Waals surface area contributed by atoms with Gasteiger partial charge in [-0.05, 0) is 60.7 Å². The van der Waals surface area contributed by atoms with Gasteiger partial charge in [-0.1, -0.05) is 18.2 Å². The molecule has 4 rings (SSSR count). The molecule has 5 nitrogen and oxygen atoms in total. The molecule has 1 aliphatic heterocycles. The zero-order chi connectivity index (χ0) is 19.7. The molecule has 1 saturated heterocycles. The highest BCUT2D eigenvalue weighted by molar-refractivity contribution is 7.12.